The topological polar surface area (TPSA) is 29.9 Å². The zero-order valence-electron chi connectivity index (χ0n) is 8.66. The summed E-state index contributed by atoms with van der Waals surface area (Å²) >= 11 is 0. The average Bonchev–Trinajstić information content (AvgIpc) is 2.32. The maximum Gasteiger partial charge on any atom is 0.0694 e. The van der Waals surface area contributed by atoms with Crippen LogP contribution in [0.25, 0.3) is 0 Å². The maximum atomic E-state index is 4.41. The molecule has 13 heavy (non-hydrogen) atoms. The molecule has 76 valence electrons. The first kappa shape index (κ1) is 12.5. The van der Waals surface area contributed by atoms with Gasteiger partial charge in [0.2, 0.25) is 0 Å². The van der Waals surface area contributed by atoms with Crippen molar-refractivity contribution in [3.8, 4) is 0 Å². The third kappa shape index (κ3) is 3.01. The molecule has 4 heteroatoms. The van der Waals surface area contributed by atoms with Gasteiger partial charge in [0.1, 0.15) is 0 Å². The minimum Gasteiger partial charge on any atom is -0.316 e. The lowest BCUT2D eigenvalue weighted by Gasteiger charge is -2.03. The van der Waals surface area contributed by atoms with E-state index in [1.165, 1.54) is 11.3 Å². The molecule has 1 aromatic rings. The van der Waals surface area contributed by atoms with Crippen LogP contribution in [-0.4, -0.2) is 16.8 Å². The second kappa shape index (κ2) is 5.25. The van der Waals surface area contributed by atoms with Crippen LogP contribution in [0.15, 0.2) is 6.20 Å². The van der Waals surface area contributed by atoms with Crippen LogP contribution in [-0.2, 0) is 13.6 Å². The largest absolute Gasteiger partial charge is 0.316 e. The van der Waals surface area contributed by atoms with Crippen LogP contribution < -0.4 is 5.32 Å². The molecule has 0 bridgehead atoms. The smallest absolute Gasteiger partial charge is 0.0694 e. The summed E-state index contributed by atoms with van der Waals surface area (Å²) in [5, 5.41) is 7.54. The van der Waals surface area contributed by atoms with Crippen molar-refractivity contribution in [2.45, 2.75) is 26.3 Å². The molecule has 0 unspecified atom stereocenters. The van der Waals surface area contributed by atoms with Crippen LogP contribution in [0.4, 0.5) is 0 Å². The van der Waals surface area contributed by atoms with Gasteiger partial charge in [-0.25, -0.2) is 0 Å². The highest BCUT2D eigenvalue weighted by Gasteiger charge is 2.09. The van der Waals surface area contributed by atoms with E-state index in [9.17, 15) is 0 Å². The quantitative estimate of drug-likeness (QED) is 0.811. The summed E-state index contributed by atoms with van der Waals surface area (Å²) in [6.07, 6.45) is 2.08. The van der Waals surface area contributed by atoms with Gasteiger partial charge in [0.25, 0.3) is 0 Å². The highest BCUT2D eigenvalue weighted by atomic mass is 35.5. The maximum absolute atomic E-state index is 4.41. The standard InChI is InChI=1S/C9H17N3.ClH/c1-7(2)9-8(5-10-3)6-12(4)11-9;/h6-7,10H,5H2,1-4H3;1H. The molecule has 1 aromatic heterocycles. The highest BCUT2D eigenvalue weighted by molar-refractivity contribution is 5.85. The van der Waals surface area contributed by atoms with E-state index in [2.05, 4.69) is 30.5 Å². The molecule has 0 aliphatic rings. The van der Waals surface area contributed by atoms with Crippen molar-refractivity contribution < 1.29 is 0 Å². The summed E-state index contributed by atoms with van der Waals surface area (Å²) in [6, 6.07) is 0. The lowest BCUT2D eigenvalue weighted by atomic mass is 10.1. The van der Waals surface area contributed by atoms with Crippen molar-refractivity contribution in [2.24, 2.45) is 7.05 Å². The van der Waals surface area contributed by atoms with Crippen LogP contribution in [0.2, 0.25) is 0 Å². The number of aryl methyl sites for hydroxylation is 1. The lowest BCUT2D eigenvalue weighted by molar-refractivity contribution is 0.709. The average molecular weight is 204 g/mol. The van der Waals surface area contributed by atoms with E-state index < -0.39 is 0 Å². The molecule has 1 heterocycles. The molecule has 0 amide bonds. The van der Waals surface area contributed by atoms with E-state index in [0.717, 1.165) is 6.54 Å². The summed E-state index contributed by atoms with van der Waals surface area (Å²) < 4.78 is 1.88. The highest BCUT2D eigenvalue weighted by Crippen LogP contribution is 2.16. The number of aromatic nitrogens is 2. The molecule has 0 saturated heterocycles. The molecule has 0 aromatic carbocycles. The van der Waals surface area contributed by atoms with E-state index in [4.69, 9.17) is 0 Å². The molecule has 0 aliphatic carbocycles. The van der Waals surface area contributed by atoms with E-state index in [0.29, 0.717) is 5.92 Å². The summed E-state index contributed by atoms with van der Waals surface area (Å²) in [4.78, 5) is 0. The summed E-state index contributed by atoms with van der Waals surface area (Å²) in [6.45, 7) is 5.24. The van der Waals surface area contributed by atoms with Crippen molar-refractivity contribution in [3.05, 3.63) is 17.5 Å². The Bertz CT molecular complexity index is 255. The number of hydrogen-bond acceptors (Lipinski definition) is 2. The van der Waals surface area contributed by atoms with Crippen molar-refractivity contribution in [1.82, 2.24) is 15.1 Å². The van der Waals surface area contributed by atoms with Crippen molar-refractivity contribution in [1.29, 1.82) is 0 Å². The number of hydrogen-bond donors (Lipinski definition) is 1. The molecule has 0 aliphatic heterocycles. The molecular formula is C9H18ClN3. The predicted molar refractivity (Wildman–Crippen MR) is 57.3 cm³/mol. The van der Waals surface area contributed by atoms with Gasteiger partial charge in [0, 0.05) is 25.4 Å². The van der Waals surface area contributed by atoms with Crippen LogP contribution in [0.5, 0.6) is 0 Å². The van der Waals surface area contributed by atoms with Gasteiger partial charge in [-0.15, -0.1) is 12.4 Å². The number of nitrogens with one attached hydrogen (secondary N) is 1. The van der Waals surface area contributed by atoms with Gasteiger partial charge in [0.15, 0.2) is 0 Å². The summed E-state index contributed by atoms with van der Waals surface area (Å²) in [7, 11) is 3.92. The minimum atomic E-state index is 0. The minimum absolute atomic E-state index is 0. The zero-order valence-corrected chi connectivity index (χ0v) is 9.48. The first-order valence-corrected chi connectivity index (χ1v) is 4.32. The van der Waals surface area contributed by atoms with E-state index in [1.54, 1.807) is 0 Å². The monoisotopic (exact) mass is 203 g/mol. The van der Waals surface area contributed by atoms with Gasteiger partial charge in [-0.05, 0) is 13.0 Å². The van der Waals surface area contributed by atoms with Crippen LogP contribution in [0, 0.1) is 0 Å². The van der Waals surface area contributed by atoms with E-state index in [-0.39, 0.29) is 12.4 Å². The van der Waals surface area contributed by atoms with Gasteiger partial charge in [-0.2, -0.15) is 5.10 Å². The van der Waals surface area contributed by atoms with Crippen LogP contribution >= 0.6 is 12.4 Å². The van der Waals surface area contributed by atoms with Gasteiger partial charge >= 0.3 is 0 Å². The Morgan fingerprint density at radius 3 is 2.62 bits per heavy atom. The molecule has 0 atom stereocenters. The van der Waals surface area contributed by atoms with Gasteiger partial charge < -0.3 is 5.32 Å². The first-order chi connectivity index (χ1) is 5.65. The Labute approximate surface area is 85.9 Å². The zero-order chi connectivity index (χ0) is 9.14. The molecule has 3 nitrogen and oxygen atoms in total. The molecular weight excluding hydrogens is 186 g/mol. The molecule has 0 saturated carbocycles. The SMILES string of the molecule is CNCc1cn(C)nc1C(C)C.Cl. The lowest BCUT2D eigenvalue weighted by Crippen LogP contribution is -2.06. The second-order valence-corrected chi connectivity index (χ2v) is 3.40. The Morgan fingerprint density at radius 2 is 2.15 bits per heavy atom. The van der Waals surface area contributed by atoms with Gasteiger partial charge in [-0.1, -0.05) is 13.8 Å². The fraction of sp³-hybridized carbons (Fsp3) is 0.667. The van der Waals surface area contributed by atoms with E-state index in [1.807, 2.05) is 18.8 Å². The Balaban J connectivity index is 0.00000144. The van der Waals surface area contributed by atoms with E-state index >= 15 is 0 Å². The van der Waals surface area contributed by atoms with Gasteiger partial charge in [-0.3, -0.25) is 4.68 Å². The Morgan fingerprint density at radius 1 is 1.54 bits per heavy atom. The van der Waals surface area contributed by atoms with Crippen LogP contribution in [0.1, 0.15) is 31.0 Å². The molecule has 1 N–H and O–H groups in total. The predicted octanol–water partition coefficient (Wildman–Crippen LogP) is 1.68. The molecule has 1 rings (SSSR count). The summed E-state index contributed by atoms with van der Waals surface area (Å²) in [5.74, 6) is 0.509. The van der Waals surface area contributed by atoms with Crippen molar-refractivity contribution in [2.75, 3.05) is 7.05 Å². The fourth-order valence-corrected chi connectivity index (χ4v) is 1.37. The van der Waals surface area contributed by atoms with Crippen molar-refractivity contribution in [3.63, 3.8) is 0 Å². The Kier molecular flexibility index (Phi) is 5.03. The third-order valence-electron chi connectivity index (χ3n) is 1.85. The van der Waals surface area contributed by atoms with Gasteiger partial charge in [0.05, 0.1) is 5.69 Å². The first-order valence-electron chi connectivity index (χ1n) is 4.32. The van der Waals surface area contributed by atoms with Crippen LogP contribution in [0.3, 0.4) is 0 Å². The number of rotatable bonds is 3. The Hall–Kier alpha value is -0.540. The molecule has 0 spiro atoms. The molecule has 0 radical (unpaired) electrons. The molecule has 0 fully saturated rings. The number of nitrogens with zero attached hydrogens (tertiary/aromatic N) is 2. The summed E-state index contributed by atoms with van der Waals surface area (Å²) in [5.41, 5.74) is 2.50. The van der Waals surface area contributed by atoms with Crippen molar-refractivity contribution >= 4 is 12.4 Å². The normalized spacial score (nSPS) is 10.2. The third-order valence-corrected chi connectivity index (χ3v) is 1.85. The second-order valence-electron chi connectivity index (χ2n) is 3.40. The number of halogens is 1. The fourth-order valence-electron chi connectivity index (χ4n) is 1.37.